The number of carbonyl (C=O) groups is 1. The van der Waals surface area contributed by atoms with Gasteiger partial charge in [-0.2, -0.15) is 23.1 Å². The van der Waals surface area contributed by atoms with Crippen LogP contribution in [0.15, 0.2) is 67.0 Å². The molecule has 2 aromatic carbocycles. The number of esters is 1. The van der Waals surface area contributed by atoms with Crippen LogP contribution in [0.4, 0.5) is 24.9 Å². The highest BCUT2D eigenvalue weighted by molar-refractivity contribution is 5.86. The Morgan fingerprint density at radius 3 is 2.55 bits per heavy atom. The van der Waals surface area contributed by atoms with Gasteiger partial charge in [-0.1, -0.05) is 36.4 Å². The number of carbonyl (C=O) groups excluding carboxylic acids is 1. The maximum absolute atomic E-state index is 14.3. The molecule has 12 heteroatoms. The number of hydrogen-bond donors (Lipinski definition) is 2. The Kier molecular flexibility index (Phi) is 8.02. The van der Waals surface area contributed by atoms with Gasteiger partial charge < -0.3 is 25.4 Å². The summed E-state index contributed by atoms with van der Waals surface area (Å²) in [6.45, 7) is 4.02. The SMILES string of the molecule is CCOC(=O)[C@@H]1CC2(CCN(c3cc(O[C@H](c4ccc(-c5ccc6cnccc6c5)cc4)C(F)(F)F)nc(N)n3)CC2)CN1. The van der Waals surface area contributed by atoms with Crippen molar-refractivity contribution in [2.24, 2.45) is 5.41 Å². The van der Waals surface area contributed by atoms with Crippen molar-refractivity contribution in [1.82, 2.24) is 20.3 Å². The first-order valence-electron chi connectivity index (χ1n) is 14.6. The number of rotatable bonds is 7. The lowest BCUT2D eigenvalue weighted by atomic mass is 9.76. The number of fused-ring (bicyclic) bond motifs is 1. The highest BCUT2D eigenvalue weighted by atomic mass is 19.4. The van der Waals surface area contributed by atoms with Crippen molar-refractivity contribution in [1.29, 1.82) is 0 Å². The van der Waals surface area contributed by atoms with Crippen molar-refractivity contribution in [3.05, 3.63) is 72.6 Å². The molecule has 2 aromatic heterocycles. The molecule has 2 fully saturated rings. The van der Waals surface area contributed by atoms with E-state index in [-0.39, 0.29) is 34.8 Å². The number of alkyl halides is 3. The number of anilines is 2. The first kappa shape index (κ1) is 29.6. The summed E-state index contributed by atoms with van der Waals surface area (Å²) < 4.78 is 53.5. The molecule has 4 aromatic rings. The van der Waals surface area contributed by atoms with E-state index in [1.54, 1.807) is 31.5 Å². The van der Waals surface area contributed by atoms with E-state index < -0.39 is 12.3 Å². The maximum atomic E-state index is 14.3. The smallest absolute Gasteiger partial charge is 0.429 e. The number of benzene rings is 2. The summed E-state index contributed by atoms with van der Waals surface area (Å²) in [6.07, 6.45) is -1.26. The van der Waals surface area contributed by atoms with Gasteiger partial charge in [0.1, 0.15) is 11.9 Å². The van der Waals surface area contributed by atoms with Crippen molar-refractivity contribution in [3.8, 4) is 17.0 Å². The second kappa shape index (κ2) is 11.9. The summed E-state index contributed by atoms with van der Waals surface area (Å²) in [4.78, 5) is 26.5. The number of hydrogen-bond acceptors (Lipinski definition) is 9. The number of halogens is 3. The third-order valence-electron chi connectivity index (χ3n) is 8.51. The fourth-order valence-electron chi connectivity index (χ4n) is 6.13. The lowest BCUT2D eigenvalue weighted by molar-refractivity contribution is -0.198. The van der Waals surface area contributed by atoms with E-state index in [0.29, 0.717) is 38.5 Å². The van der Waals surface area contributed by atoms with Crippen LogP contribution in [0.25, 0.3) is 21.9 Å². The number of nitrogens with zero attached hydrogens (tertiary/aromatic N) is 4. The minimum Gasteiger partial charge on any atom is -0.465 e. The number of aromatic nitrogens is 3. The van der Waals surface area contributed by atoms with Crippen molar-refractivity contribution in [3.63, 3.8) is 0 Å². The molecule has 44 heavy (non-hydrogen) atoms. The van der Waals surface area contributed by atoms with Crippen LogP contribution in [0, 0.1) is 5.41 Å². The average molecular weight is 607 g/mol. The first-order chi connectivity index (χ1) is 21.1. The molecule has 3 N–H and O–H groups in total. The predicted octanol–water partition coefficient (Wildman–Crippen LogP) is 5.47. The minimum atomic E-state index is -4.71. The predicted molar refractivity (Wildman–Crippen MR) is 160 cm³/mol. The first-order valence-corrected chi connectivity index (χ1v) is 14.6. The van der Waals surface area contributed by atoms with Gasteiger partial charge in [0.15, 0.2) is 0 Å². The number of ether oxygens (including phenoxy) is 2. The summed E-state index contributed by atoms with van der Waals surface area (Å²) in [6, 6.07) is 14.9. The zero-order valence-corrected chi connectivity index (χ0v) is 24.2. The van der Waals surface area contributed by atoms with Crippen molar-refractivity contribution in [2.75, 3.05) is 36.9 Å². The standard InChI is InChI=1S/C32H33F3N6O3/c1-2-43-29(42)25-17-31(19-38-25)10-13-41(14-11-31)26-16-27(40-30(36)39-26)44-28(32(33,34)35)21-5-3-20(4-6-21)22-7-8-24-18-37-12-9-23(24)15-22/h3-9,12,15-16,18,25,28,38H,2,10-11,13-14,17,19H2,1H3,(H2,36,39,40)/t25-,28+/m0/s1. The third kappa shape index (κ3) is 6.26. The maximum Gasteiger partial charge on any atom is 0.429 e. The highest BCUT2D eigenvalue weighted by Crippen LogP contribution is 2.42. The second-order valence-corrected chi connectivity index (χ2v) is 11.4. The van der Waals surface area contributed by atoms with Gasteiger partial charge in [0.05, 0.1) is 6.61 Å². The summed E-state index contributed by atoms with van der Waals surface area (Å²) in [5.41, 5.74) is 7.47. The lowest BCUT2D eigenvalue weighted by Gasteiger charge is -2.39. The van der Waals surface area contributed by atoms with Crippen LogP contribution in [0.5, 0.6) is 5.88 Å². The molecule has 0 radical (unpaired) electrons. The monoisotopic (exact) mass is 606 g/mol. The quantitative estimate of drug-likeness (QED) is 0.264. The fourth-order valence-corrected chi connectivity index (χ4v) is 6.13. The minimum absolute atomic E-state index is 0.0522. The van der Waals surface area contributed by atoms with E-state index in [4.69, 9.17) is 15.2 Å². The largest absolute Gasteiger partial charge is 0.465 e. The Labute approximate surface area is 252 Å². The molecule has 2 atom stereocenters. The van der Waals surface area contributed by atoms with Crippen LogP contribution in [-0.4, -0.2) is 59.4 Å². The van der Waals surface area contributed by atoms with Crippen molar-refractivity contribution < 1.29 is 27.4 Å². The van der Waals surface area contributed by atoms with Gasteiger partial charge in [-0.15, -0.1) is 0 Å². The van der Waals surface area contributed by atoms with Gasteiger partial charge in [-0.25, -0.2) is 0 Å². The van der Waals surface area contributed by atoms with Crippen LogP contribution in [0.2, 0.25) is 0 Å². The number of nitrogens with one attached hydrogen (secondary N) is 1. The highest BCUT2D eigenvalue weighted by Gasteiger charge is 2.45. The van der Waals surface area contributed by atoms with E-state index in [0.717, 1.165) is 34.7 Å². The number of nitrogen functional groups attached to an aromatic ring is 1. The van der Waals surface area contributed by atoms with Crippen LogP contribution in [0.3, 0.4) is 0 Å². The molecule has 0 amide bonds. The summed E-state index contributed by atoms with van der Waals surface area (Å²) >= 11 is 0. The van der Waals surface area contributed by atoms with Crippen molar-refractivity contribution >= 4 is 28.5 Å². The molecule has 0 unspecified atom stereocenters. The number of pyridine rings is 1. The van der Waals surface area contributed by atoms with Gasteiger partial charge in [-0.05, 0) is 60.2 Å². The summed E-state index contributed by atoms with van der Waals surface area (Å²) in [5.74, 6) is -0.270. The second-order valence-electron chi connectivity index (χ2n) is 11.4. The Balaban J connectivity index is 1.16. The molecule has 230 valence electrons. The topological polar surface area (TPSA) is 115 Å². The molecule has 2 saturated heterocycles. The van der Waals surface area contributed by atoms with Gasteiger partial charge in [0.25, 0.3) is 0 Å². The Hall–Kier alpha value is -4.45. The molecule has 6 rings (SSSR count). The van der Waals surface area contributed by atoms with Crippen molar-refractivity contribution in [2.45, 2.75) is 44.5 Å². The average Bonchev–Trinajstić information content (AvgIpc) is 3.43. The molecular formula is C32H33F3N6O3. The Morgan fingerprint density at radius 2 is 1.82 bits per heavy atom. The normalized spacial score (nSPS) is 18.8. The van der Waals surface area contributed by atoms with Crippen LogP contribution in [0.1, 0.15) is 37.9 Å². The van der Waals surface area contributed by atoms with Gasteiger partial charge in [0.2, 0.25) is 17.9 Å². The summed E-state index contributed by atoms with van der Waals surface area (Å²) in [5, 5.41) is 5.24. The number of nitrogens with two attached hydrogens (primary N) is 1. The molecule has 4 heterocycles. The third-order valence-corrected chi connectivity index (χ3v) is 8.51. The van der Waals surface area contributed by atoms with Crippen LogP contribution in [-0.2, 0) is 9.53 Å². The molecule has 0 aliphatic carbocycles. The van der Waals surface area contributed by atoms with E-state index in [1.165, 1.54) is 18.2 Å². The molecular weight excluding hydrogens is 573 g/mol. The fraction of sp³-hybridized carbons (Fsp3) is 0.375. The van der Waals surface area contributed by atoms with Gasteiger partial charge in [0, 0.05) is 49.0 Å². The molecule has 2 aliphatic heterocycles. The molecule has 0 bridgehead atoms. The van der Waals surface area contributed by atoms with Crippen LogP contribution >= 0.6 is 0 Å². The molecule has 0 saturated carbocycles. The van der Waals surface area contributed by atoms with E-state index in [9.17, 15) is 18.0 Å². The van der Waals surface area contributed by atoms with Crippen LogP contribution < -0.4 is 20.7 Å². The molecule has 1 spiro atoms. The van der Waals surface area contributed by atoms with Gasteiger partial charge >= 0.3 is 12.1 Å². The lowest BCUT2D eigenvalue weighted by Crippen LogP contribution is -2.41. The molecule has 2 aliphatic rings. The van der Waals surface area contributed by atoms with E-state index in [1.807, 2.05) is 29.2 Å². The van der Waals surface area contributed by atoms with Gasteiger partial charge in [-0.3, -0.25) is 9.78 Å². The Bertz CT molecular complexity index is 1640. The number of piperidine rings is 1. The zero-order valence-electron chi connectivity index (χ0n) is 24.2. The zero-order chi connectivity index (χ0) is 30.9. The Morgan fingerprint density at radius 1 is 1.07 bits per heavy atom. The summed E-state index contributed by atoms with van der Waals surface area (Å²) in [7, 11) is 0. The van der Waals surface area contributed by atoms with E-state index >= 15 is 0 Å². The van der Waals surface area contributed by atoms with E-state index in [2.05, 4.69) is 20.3 Å². The molecule has 9 nitrogen and oxygen atoms in total.